The van der Waals surface area contributed by atoms with Crippen molar-refractivity contribution in [1.82, 2.24) is 0 Å². The minimum Gasteiger partial charge on any atom is -0.394 e. The van der Waals surface area contributed by atoms with Crippen molar-refractivity contribution in [3.8, 4) is 0 Å². The second-order valence-electron chi connectivity index (χ2n) is 3.85. The first kappa shape index (κ1) is 14.7. The van der Waals surface area contributed by atoms with Crippen molar-refractivity contribution in [1.29, 1.82) is 0 Å². The molecule has 1 unspecified atom stereocenters. The number of anilines is 1. The summed E-state index contributed by atoms with van der Waals surface area (Å²) < 4.78 is 51.1. The van der Waals surface area contributed by atoms with Crippen LogP contribution in [0.4, 0.5) is 23.2 Å². The molecule has 0 heterocycles. The van der Waals surface area contributed by atoms with Crippen molar-refractivity contribution in [2.24, 2.45) is 0 Å². The lowest BCUT2D eigenvalue weighted by Gasteiger charge is -2.15. The van der Waals surface area contributed by atoms with Gasteiger partial charge in [-0.25, -0.2) is 4.39 Å². The lowest BCUT2D eigenvalue weighted by atomic mass is 10.1. The number of alkyl halides is 3. The molecule has 1 aromatic carbocycles. The molecule has 0 amide bonds. The van der Waals surface area contributed by atoms with E-state index in [1.807, 2.05) is 0 Å². The third-order valence-electron chi connectivity index (χ3n) is 2.40. The van der Waals surface area contributed by atoms with Crippen LogP contribution in [0.3, 0.4) is 0 Å². The molecule has 0 spiro atoms. The Bertz CT molecular complexity index is 420. The number of rotatable bonds is 4. The summed E-state index contributed by atoms with van der Waals surface area (Å²) in [6, 6.07) is 1.68. The minimum absolute atomic E-state index is 0.0991. The molecule has 3 N–H and O–H groups in total. The lowest BCUT2D eigenvalue weighted by molar-refractivity contribution is -0.138. The van der Waals surface area contributed by atoms with E-state index in [0.29, 0.717) is 0 Å². The largest absolute Gasteiger partial charge is 0.416 e. The molecule has 1 aromatic rings. The Balaban J connectivity index is 2.98. The van der Waals surface area contributed by atoms with Crippen LogP contribution in [0.25, 0.3) is 0 Å². The molecule has 0 aliphatic rings. The molecule has 18 heavy (non-hydrogen) atoms. The molecule has 3 nitrogen and oxygen atoms in total. The van der Waals surface area contributed by atoms with Crippen LogP contribution in [0.2, 0.25) is 0 Å². The molecule has 0 aliphatic carbocycles. The van der Waals surface area contributed by atoms with Crippen molar-refractivity contribution in [2.75, 3.05) is 18.5 Å². The van der Waals surface area contributed by atoms with Crippen molar-refractivity contribution in [3.05, 3.63) is 29.1 Å². The zero-order chi connectivity index (χ0) is 13.9. The molecule has 0 bridgehead atoms. The summed E-state index contributed by atoms with van der Waals surface area (Å²) in [5.74, 6) is -0.981. The van der Waals surface area contributed by atoms with Crippen LogP contribution < -0.4 is 5.32 Å². The third kappa shape index (κ3) is 3.58. The Kier molecular flexibility index (Phi) is 4.53. The van der Waals surface area contributed by atoms with Gasteiger partial charge in [0.05, 0.1) is 18.3 Å². The van der Waals surface area contributed by atoms with E-state index in [9.17, 15) is 17.6 Å². The summed E-state index contributed by atoms with van der Waals surface area (Å²) in [5, 5.41) is 20.0. The van der Waals surface area contributed by atoms with Crippen LogP contribution >= 0.6 is 0 Å². The van der Waals surface area contributed by atoms with Crippen LogP contribution in [-0.2, 0) is 6.18 Å². The van der Waals surface area contributed by atoms with Gasteiger partial charge in [-0.2, -0.15) is 13.2 Å². The zero-order valence-corrected chi connectivity index (χ0v) is 9.55. The van der Waals surface area contributed by atoms with E-state index in [2.05, 4.69) is 5.32 Å². The van der Waals surface area contributed by atoms with Gasteiger partial charge in [0.2, 0.25) is 0 Å². The van der Waals surface area contributed by atoms with Gasteiger partial charge in [0.25, 0.3) is 0 Å². The normalized spacial score (nSPS) is 13.5. The van der Waals surface area contributed by atoms with Crippen molar-refractivity contribution in [3.63, 3.8) is 0 Å². The van der Waals surface area contributed by atoms with E-state index in [1.54, 1.807) is 0 Å². The van der Waals surface area contributed by atoms with E-state index in [0.717, 1.165) is 19.1 Å². The van der Waals surface area contributed by atoms with Crippen molar-refractivity contribution in [2.45, 2.75) is 19.2 Å². The Morgan fingerprint density at radius 2 is 1.94 bits per heavy atom. The average molecular weight is 267 g/mol. The first-order valence-electron chi connectivity index (χ1n) is 5.16. The van der Waals surface area contributed by atoms with Gasteiger partial charge in [-0.1, -0.05) is 0 Å². The number of aliphatic hydroxyl groups excluding tert-OH is 2. The zero-order valence-electron chi connectivity index (χ0n) is 9.55. The van der Waals surface area contributed by atoms with Crippen LogP contribution in [0, 0.1) is 12.7 Å². The van der Waals surface area contributed by atoms with E-state index in [4.69, 9.17) is 10.2 Å². The van der Waals surface area contributed by atoms with Gasteiger partial charge < -0.3 is 15.5 Å². The quantitative estimate of drug-likeness (QED) is 0.730. The second-order valence-corrected chi connectivity index (χ2v) is 3.85. The van der Waals surface area contributed by atoms with Gasteiger partial charge in [0.1, 0.15) is 5.82 Å². The summed E-state index contributed by atoms with van der Waals surface area (Å²) >= 11 is 0. The maximum absolute atomic E-state index is 13.3. The van der Waals surface area contributed by atoms with Crippen molar-refractivity contribution < 1.29 is 27.8 Å². The smallest absolute Gasteiger partial charge is 0.394 e. The second kappa shape index (κ2) is 5.53. The Morgan fingerprint density at radius 3 is 2.44 bits per heavy atom. The molecule has 0 radical (unpaired) electrons. The van der Waals surface area contributed by atoms with Gasteiger partial charge in [-0.3, -0.25) is 0 Å². The molecule has 1 rings (SSSR count). The standard InChI is InChI=1S/C11H13F4NO2/c1-6-9(11(13,14)15)2-7(3-10(6)12)16-4-8(18)5-17/h2-3,8,16-18H,4-5H2,1H3. The van der Waals surface area contributed by atoms with E-state index < -0.39 is 35.8 Å². The monoisotopic (exact) mass is 267 g/mol. The number of benzene rings is 1. The highest BCUT2D eigenvalue weighted by molar-refractivity contribution is 5.50. The lowest BCUT2D eigenvalue weighted by Crippen LogP contribution is -2.23. The third-order valence-corrected chi connectivity index (χ3v) is 2.40. The molecular formula is C11H13F4NO2. The fourth-order valence-corrected chi connectivity index (χ4v) is 1.38. The maximum Gasteiger partial charge on any atom is 0.416 e. The number of hydrogen-bond donors (Lipinski definition) is 3. The van der Waals surface area contributed by atoms with Gasteiger partial charge >= 0.3 is 6.18 Å². The fraction of sp³-hybridized carbons (Fsp3) is 0.455. The number of halogens is 4. The van der Waals surface area contributed by atoms with E-state index >= 15 is 0 Å². The SMILES string of the molecule is Cc1c(F)cc(NCC(O)CO)cc1C(F)(F)F. The first-order chi connectivity index (χ1) is 8.25. The van der Waals surface area contributed by atoms with Crippen molar-refractivity contribution >= 4 is 5.69 Å². The number of aliphatic hydroxyl groups is 2. The number of nitrogens with one attached hydrogen (secondary N) is 1. The Labute approximate surface area is 101 Å². The number of hydrogen-bond acceptors (Lipinski definition) is 3. The minimum atomic E-state index is -4.64. The highest BCUT2D eigenvalue weighted by atomic mass is 19.4. The van der Waals surface area contributed by atoms with Crippen LogP contribution in [0.1, 0.15) is 11.1 Å². The molecule has 0 aromatic heterocycles. The Hall–Kier alpha value is -1.34. The predicted molar refractivity (Wildman–Crippen MR) is 57.7 cm³/mol. The highest BCUT2D eigenvalue weighted by Crippen LogP contribution is 2.34. The van der Waals surface area contributed by atoms with E-state index in [-0.39, 0.29) is 12.2 Å². The highest BCUT2D eigenvalue weighted by Gasteiger charge is 2.33. The molecule has 0 saturated carbocycles. The van der Waals surface area contributed by atoms with Gasteiger partial charge in [-0.15, -0.1) is 0 Å². The molecule has 0 aliphatic heterocycles. The topological polar surface area (TPSA) is 52.5 Å². The summed E-state index contributed by atoms with van der Waals surface area (Å²) in [6.07, 6.45) is -5.76. The summed E-state index contributed by atoms with van der Waals surface area (Å²) in [5.41, 5.74) is -1.64. The van der Waals surface area contributed by atoms with Crippen LogP contribution in [-0.4, -0.2) is 29.5 Å². The molecule has 102 valence electrons. The summed E-state index contributed by atoms with van der Waals surface area (Å²) in [7, 11) is 0. The predicted octanol–water partition coefficient (Wildman–Crippen LogP) is 1.92. The summed E-state index contributed by atoms with van der Waals surface area (Å²) in [4.78, 5) is 0. The molecule has 1 atom stereocenters. The summed E-state index contributed by atoms with van der Waals surface area (Å²) in [6.45, 7) is 0.342. The van der Waals surface area contributed by atoms with Gasteiger partial charge in [-0.05, 0) is 24.6 Å². The molecular weight excluding hydrogens is 254 g/mol. The Morgan fingerprint density at radius 1 is 1.33 bits per heavy atom. The van der Waals surface area contributed by atoms with E-state index in [1.165, 1.54) is 0 Å². The molecule has 7 heteroatoms. The van der Waals surface area contributed by atoms with Gasteiger partial charge in [0.15, 0.2) is 0 Å². The first-order valence-corrected chi connectivity index (χ1v) is 5.16. The molecule has 0 fully saturated rings. The molecule has 0 saturated heterocycles. The van der Waals surface area contributed by atoms with Crippen LogP contribution in [0.5, 0.6) is 0 Å². The van der Waals surface area contributed by atoms with Gasteiger partial charge in [0, 0.05) is 12.2 Å². The average Bonchev–Trinajstić information content (AvgIpc) is 2.28. The fourth-order valence-electron chi connectivity index (χ4n) is 1.38. The van der Waals surface area contributed by atoms with Crippen LogP contribution in [0.15, 0.2) is 12.1 Å². The maximum atomic E-state index is 13.3.